The average Bonchev–Trinajstić information content (AvgIpc) is 2.82. The standard InChI is InChI=1S/C27H32N2O4S/c1-20(2)23-11-13-24(14-12-23)29(34(31,32)25-8-6-5-7-9-25)19-27(30)28-16-17-33-26-15-10-21(3)18-22(26)4/h5-15,18,20H,16-17,19H2,1-4H3,(H,28,30). The average molecular weight is 481 g/mol. The summed E-state index contributed by atoms with van der Waals surface area (Å²) in [6.45, 7) is 8.34. The molecule has 0 spiro atoms. The summed E-state index contributed by atoms with van der Waals surface area (Å²) in [4.78, 5) is 12.9. The Balaban J connectivity index is 1.71. The number of amides is 1. The number of carbonyl (C=O) groups is 1. The topological polar surface area (TPSA) is 75.7 Å². The molecular formula is C27H32N2O4S. The number of sulfonamides is 1. The predicted molar refractivity (Wildman–Crippen MR) is 136 cm³/mol. The van der Waals surface area contributed by atoms with Gasteiger partial charge in [-0.25, -0.2) is 8.42 Å². The number of anilines is 1. The minimum absolute atomic E-state index is 0.133. The molecule has 0 heterocycles. The minimum atomic E-state index is -3.92. The van der Waals surface area contributed by atoms with Gasteiger partial charge in [0.25, 0.3) is 10.0 Å². The van der Waals surface area contributed by atoms with E-state index in [1.807, 2.05) is 44.2 Å². The van der Waals surface area contributed by atoms with Crippen LogP contribution >= 0.6 is 0 Å². The van der Waals surface area contributed by atoms with Gasteiger partial charge in [0.2, 0.25) is 5.91 Å². The zero-order chi connectivity index (χ0) is 24.7. The van der Waals surface area contributed by atoms with Crippen LogP contribution in [-0.4, -0.2) is 34.0 Å². The number of hydrogen-bond acceptors (Lipinski definition) is 4. The molecule has 0 aliphatic carbocycles. The first-order valence-corrected chi connectivity index (χ1v) is 12.8. The van der Waals surface area contributed by atoms with Gasteiger partial charge in [0, 0.05) is 0 Å². The third kappa shape index (κ3) is 6.38. The van der Waals surface area contributed by atoms with Crippen molar-refractivity contribution in [2.45, 2.75) is 38.5 Å². The van der Waals surface area contributed by atoms with Gasteiger partial charge >= 0.3 is 0 Å². The van der Waals surface area contributed by atoms with E-state index in [2.05, 4.69) is 19.2 Å². The van der Waals surface area contributed by atoms with Gasteiger partial charge in [0.05, 0.1) is 17.1 Å². The largest absolute Gasteiger partial charge is 0.491 e. The van der Waals surface area contributed by atoms with Crippen molar-refractivity contribution < 1.29 is 17.9 Å². The van der Waals surface area contributed by atoms with Gasteiger partial charge in [-0.05, 0) is 61.2 Å². The monoisotopic (exact) mass is 480 g/mol. The molecule has 0 unspecified atom stereocenters. The Labute approximate surface area is 202 Å². The number of aryl methyl sites for hydroxylation is 2. The zero-order valence-electron chi connectivity index (χ0n) is 20.1. The van der Waals surface area contributed by atoms with E-state index in [1.165, 1.54) is 12.1 Å². The second-order valence-electron chi connectivity index (χ2n) is 8.54. The van der Waals surface area contributed by atoms with Crippen LogP contribution in [0, 0.1) is 13.8 Å². The van der Waals surface area contributed by atoms with Crippen molar-refractivity contribution in [3.63, 3.8) is 0 Å². The highest BCUT2D eigenvalue weighted by Crippen LogP contribution is 2.25. The van der Waals surface area contributed by atoms with Crippen LogP contribution in [-0.2, 0) is 14.8 Å². The molecule has 3 aromatic carbocycles. The van der Waals surface area contributed by atoms with Crippen molar-refractivity contribution in [2.24, 2.45) is 0 Å². The van der Waals surface area contributed by atoms with Crippen LogP contribution in [0.15, 0.2) is 77.7 Å². The summed E-state index contributed by atoms with van der Waals surface area (Å²) < 4.78 is 33.7. The van der Waals surface area contributed by atoms with Gasteiger partial charge < -0.3 is 10.1 Å². The van der Waals surface area contributed by atoms with E-state index in [0.29, 0.717) is 11.6 Å². The molecule has 0 radical (unpaired) electrons. The summed E-state index contributed by atoms with van der Waals surface area (Å²) in [5.41, 5.74) is 3.71. The quantitative estimate of drug-likeness (QED) is 0.422. The molecule has 0 fully saturated rings. The molecule has 34 heavy (non-hydrogen) atoms. The normalized spacial score (nSPS) is 11.3. The molecule has 3 rings (SSSR count). The third-order valence-corrected chi connectivity index (χ3v) is 7.27. The van der Waals surface area contributed by atoms with Gasteiger partial charge in [-0.15, -0.1) is 0 Å². The van der Waals surface area contributed by atoms with Crippen LogP contribution in [0.1, 0.15) is 36.5 Å². The fourth-order valence-electron chi connectivity index (χ4n) is 3.56. The maximum atomic E-state index is 13.4. The summed E-state index contributed by atoms with van der Waals surface area (Å²) in [5, 5.41) is 2.77. The van der Waals surface area contributed by atoms with Crippen LogP contribution < -0.4 is 14.4 Å². The lowest BCUT2D eigenvalue weighted by Crippen LogP contribution is -2.41. The lowest BCUT2D eigenvalue weighted by atomic mass is 10.0. The fourth-order valence-corrected chi connectivity index (χ4v) is 5.00. The van der Waals surface area contributed by atoms with Crippen LogP contribution in [0.4, 0.5) is 5.69 Å². The van der Waals surface area contributed by atoms with E-state index in [0.717, 1.165) is 26.7 Å². The van der Waals surface area contributed by atoms with E-state index in [4.69, 9.17) is 4.74 Å². The first kappa shape index (κ1) is 25.3. The Morgan fingerprint density at radius 2 is 1.65 bits per heavy atom. The molecule has 0 aromatic heterocycles. The molecule has 0 atom stereocenters. The highest BCUT2D eigenvalue weighted by molar-refractivity contribution is 7.92. The van der Waals surface area contributed by atoms with Crippen LogP contribution in [0.3, 0.4) is 0 Å². The van der Waals surface area contributed by atoms with E-state index in [1.54, 1.807) is 30.3 Å². The number of ether oxygens (including phenoxy) is 1. The maximum Gasteiger partial charge on any atom is 0.264 e. The third-order valence-electron chi connectivity index (χ3n) is 5.48. The number of rotatable bonds is 10. The number of carbonyl (C=O) groups excluding carboxylic acids is 1. The Morgan fingerprint density at radius 3 is 2.26 bits per heavy atom. The summed E-state index contributed by atoms with van der Waals surface area (Å²) in [5.74, 6) is 0.670. The highest BCUT2D eigenvalue weighted by atomic mass is 32.2. The molecule has 0 saturated heterocycles. The summed E-state index contributed by atoms with van der Waals surface area (Å²) >= 11 is 0. The first-order valence-electron chi connectivity index (χ1n) is 11.3. The van der Waals surface area contributed by atoms with E-state index >= 15 is 0 Å². The Morgan fingerprint density at radius 1 is 0.971 bits per heavy atom. The minimum Gasteiger partial charge on any atom is -0.491 e. The molecule has 6 nitrogen and oxygen atoms in total. The smallest absolute Gasteiger partial charge is 0.264 e. The van der Waals surface area contributed by atoms with E-state index in [9.17, 15) is 13.2 Å². The first-order chi connectivity index (χ1) is 16.2. The predicted octanol–water partition coefficient (Wildman–Crippen LogP) is 4.82. The van der Waals surface area contributed by atoms with Gasteiger partial charge in [-0.3, -0.25) is 9.10 Å². The molecule has 1 N–H and O–H groups in total. The van der Waals surface area contributed by atoms with Crippen LogP contribution in [0.25, 0.3) is 0 Å². The second-order valence-corrected chi connectivity index (χ2v) is 10.4. The lowest BCUT2D eigenvalue weighted by Gasteiger charge is -2.24. The Bertz CT molecular complexity index is 1210. The summed E-state index contributed by atoms with van der Waals surface area (Å²) in [6.07, 6.45) is 0. The number of nitrogens with zero attached hydrogens (tertiary/aromatic N) is 1. The second kappa shape index (κ2) is 11.2. The van der Waals surface area contributed by atoms with Crippen molar-refractivity contribution in [1.29, 1.82) is 0 Å². The van der Waals surface area contributed by atoms with Gasteiger partial charge in [-0.2, -0.15) is 0 Å². The summed E-state index contributed by atoms with van der Waals surface area (Å²) in [7, 11) is -3.92. The molecule has 0 aliphatic rings. The van der Waals surface area contributed by atoms with Crippen molar-refractivity contribution >= 4 is 21.6 Å². The molecule has 0 bridgehead atoms. The van der Waals surface area contributed by atoms with Gasteiger partial charge in [0.15, 0.2) is 0 Å². The van der Waals surface area contributed by atoms with E-state index in [-0.39, 0.29) is 24.6 Å². The Kier molecular flexibility index (Phi) is 8.34. The Hall–Kier alpha value is -3.32. The van der Waals surface area contributed by atoms with Gasteiger partial charge in [0.1, 0.15) is 18.9 Å². The molecule has 3 aromatic rings. The zero-order valence-corrected chi connectivity index (χ0v) is 20.9. The molecular weight excluding hydrogens is 448 g/mol. The van der Waals surface area contributed by atoms with Crippen LogP contribution in [0.2, 0.25) is 0 Å². The SMILES string of the molecule is Cc1ccc(OCCNC(=O)CN(c2ccc(C(C)C)cc2)S(=O)(=O)c2ccccc2)c(C)c1. The van der Waals surface area contributed by atoms with Crippen LogP contribution in [0.5, 0.6) is 5.75 Å². The maximum absolute atomic E-state index is 13.4. The summed E-state index contributed by atoms with van der Waals surface area (Å²) in [6, 6.07) is 21.3. The van der Waals surface area contributed by atoms with Crippen molar-refractivity contribution in [3.8, 4) is 5.75 Å². The fraction of sp³-hybridized carbons (Fsp3) is 0.296. The molecule has 0 saturated carbocycles. The van der Waals surface area contributed by atoms with E-state index < -0.39 is 15.9 Å². The molecule has 7 heteroatoms. The van der Waals surface area contributed by atoms with Gasteiger partial charge in [-0.1, -0.05) is 61.9 Å². The number of hydrogen-bond donors (Lipinski definition) is 1. The van der Waals surface area contributed by atoms with Crippen molar-refractivity contribution in [3.05, 3.63) is 89.5 Å². The molecule has 0 aliphatic heterocycles. The molecule has 1 amide bonds. The number of nitrogens with one attached hydrogen (secondary N) is 1. The lowest BCUT2D eigenvalue weighted by molar-refractivity contribution is -0.119. The highest BCUT2D eigenvalue weighted by Gasteiger charge is 2.27. The van der Waals surface area contributed by atoms with Crippen molar-refractivity contribution in [2.75, 3.05) is 24.0 Å². The number of benzene rings is 3. The van der Waals surface area contributed by atoms with Crippen molar-refractivity contribution in [1.82, 2.24) is 5.32 Å². The molecule has 180 valence electrons.